The van der Waals surface area contributed by atoms with Crippen LogP contribution >= 0.6 is 0 Å². The highest BCUT2D eigenvalue weighted by Gasteiger charge is 2.31. The van der Waals surface area contributed by atoms with Gasteiger partial charge in [-0.15, -0.1) is 0 Å². The van der Waals surface area contributed by atoms with E-state index < -0.39 is 11.7 Å². The predicted molar refractivity (Wildman–Crippen MR) is 56.8 cm³/mol. The number of nitrogens with one attached hydrogen (secondary N) is 1. The lowest BCUT2D eigenvalue weighted by Gasteiger charge is -2.11. The number of hydrogen-bond donors (Lipinski definition) is 1. The number of rotatable bonds is 2. The molecule has 1 N–H and O–H groups in total. The summed E-state index contributed by atoms with van der Waals surface area (Å²) in [5, 5.41) is 2.37. The molecule has 1 aromatic heterocycles. The number of carbonyl (C=O) groups is 1. The van der Waals surface area contributed by atoms with Crippen LogP contribution in [0.4, 0.5) is 19.0 Å². The zero-order chi connectivity index (χ0) is 13.2. The summed E-state index contributed by atoms with van der Waals surface area (Å²) in [4.78, 5) is 15.4. The number of anilines is 1. The minimum Gasteiger partial charge on any atom is -0.381 e. The molecule has 1 atom stereocenters. The average Bonchev–Trinajstić information content (AvgIpc) is 2.81. The topological polar surface area (TPSA) is 51.2 Å². The molecule has 1 aromatic rings. The zero-order valence-electron chi connectivity index (χ0n) is 9.33. The fraction of sp³-hybridized carbons (Fsp3) is 0.455. The van der Waals surface area contributed by atoms with Crippen LogP contribution in [-0.2, 0) is 15.7 Å². The fourth-order valence-corrected chi connectivity index (χ4v) is 1.64. The maximum absolute atomic E-state index is 12.4. The Labute approximate surface area is 101 Å². The van der Waals surface area contributed by atoms with Gasteiger partial charge in [0.15, 0.2) is 0 Å². The Hall–Kier alpha value is -1.63. The lowest BCUT2D eigenvalue weighted by molar-refractivity contribution is -0.137. The van der Waals surface area contributed by atoms with Crippen molar-refractivity contribution in [2.75, 3.05) is 18.5 Å². The molecule has 0 radical (unpaired) electrons. The first-order chi connectivity index (χ1) is 8.47. The first-order valence-corrected chi connectivity index (χ1v) is 5.38. The summed E-state index contributed by atoms with van der Waals surface area (Å²) in [5.74, 6) is -0.776. The van der Waals surface area contributed by atoms with Crippen LogP contribution in [0.1, 0.15) is 12.0 Å². The van der Waals surface area contributed by atoms with E-state index >= 15 is 0 Å². The molecule has 1 amide bonds. The Kier molecular flexibility index (Phi) is 3.51. The largest absolute Gasteiger partial charge is 0.416 e. The van der Waals surface area contributed by atoms with Gasteiger partial charge in [-0.2, -0.15) is 13.2 Å². The second-order valence-electron chi connectivity index (χ2n) is 3.98. The first kappa shape index (κ1) is 12.8. The van der Waals surface area contributed by atoms with Crippen LogP contribution in [0, 0.1) is 5.92 Å². The van der Waals surface area contributed by atoms with Crippen molar-refractivity contribution < 1.29 is 22.7 Å². The normalized spacial score (nSPS) is 19.8. The van der Waals surface area contributed by atoms with E-state index in [2.05, 4.69) is 10.3 Å². The van der Waals surface area contributed by atoms with E-state index in [-0.39, 0.29) is 17.6 Å². The number of hydrogen-bond acceptors (Lipinski definition) is 3. The van der Waals surface area contributed by atoms with Crippen molar-refractivity contribution in [1.82, 2.24) is 4.98 Å². The van der Waals surface area contributed by atoms with Gasteiger partial charge in [0, 0.05) is 12.8 Å². The van der Waals surface area contributed by atoms with Crippen molar-refractivity contribution in [3.8, 4) is 0 Å². The summed E-state index contributed by atoms with van der Waals surface area (Å²) in [6.45, 7) is 0.791. The first-order valence-electron chi connectivity index (χ1n) is 5.38. The summed E-state index contributed by atoms with van der Waals surface area (Å²) < 4.78 is 42.4. The van der Waals surface area contributed by atoms with Crippen LogP contribution in [0.2, 0.25) is 0 Å². The number of halogens is 3. The average molecular weight is 260 g/mol. The molecule has 0 bridgehead atoms. The smallest absolute Gasteiger partial charge is 0.381 e. The number of ether oxygens (including phenoxy) is 1. The second-order valence-corrected chi connectivity index (χ2v) is 3.98. The van der Waals surface area contributed by atoms with Gasteiger partial charge in [0.05, 0.1) is 18.1 Å². The number of carbonyl (C=O) groups excluding carboxylic acids is 1. The maximum atomic E-state index is 12.4. The minimum absolute atomic E-state index is 0.0956. The third-order valence-corrected chi connectivity index (χ3v) is 2.64. The van der Waals surface area contributed by atoms with Crippen LogP contribution in [0.5, 0.6) is 0 Å². The highest BCUT2D eigenvalue weighted by molar-refractivity contribution is 5.91. The van der Waals surface area contributed by atoms with E-state index in [9.17, 15) is 18.0 Å². The molecule has 0 spiro atoms. The highest BCUT2D eigenvalue weighted by atomic mass is 19.4. The molecule has 98 valence electrons. The minimum atomic E-state index is -4.45. The van der Waals surface area contributed by atoms with Gasteiger partial charge < -0.3 is 10.1 Å². The van der Waals surface area contributed by atoms with E-state index in [1.165, 1.54) is 0 Å². The van der Waals surface area contributed by atoms with Gasteiger partial charge in [-0.25, -0.2) is 4.98 Å². The van der Waals surface area contributed by atoms with Crippen molar-refractivity contribution in [2.24, 2.45) is 5.92 Å². The summed E-state index contributed by atoms with van der Waals surface area (Å²) in [7, 11) is 0. The lowest BCUT2D eigenvalue weighted by Crippen LogP contribution is -2.23. The van der Waals surface area contributed by atoms with Crippen LogP contribution in [-0.4, -0.2) is 24.1 Å². The van der Waals surface area contributed by atoms with Crippen molar-refractivity contribution >= 4 is 11.7 Å². The molecule has 18 heavy (non-hydrogen) atoms. The Morgan fingerprint density at radius 1 is 1.50 bits per heavy atom. The van der Waals surface area contributed by atoms with Gasteiger partial charge in [-0.3, -0.25) is 4.79 Å². The quantitative estimate of drug-likeness (QED) is 0.885. The number of nitrogens with zero attached hydrogens (tertiary/aromatic N) is 1. The van der Waals surface area contributed by atoms with Gasteiger partial charge in [0.1, 0.15) is 5.82 Å². The SMILES string of the molecule is O=C(Nc1cc(C(F)(F)F)ccn1)C1CCOC1. The third-order valence-electron chi connectivity index (χ3n) is 2.64. The van der Waals surface area contributed by atoms with Gasteiger partial charge in [0.2, 0.25) is 5.91 Å². The molecule has 2 rings (SSSR count). The highest BCUT2D eigenvalue weighted by Crippen LogP contribution is 2.30. The van der Waals surface area contributed by atoms with Crippen LogP contribution in [0.15, 0.2) is 18.3 Å². The molecule has 2 heterocycles. The van der Waals surface area contributed by atoms with Gasteiger partial charge in [0.25, 0.3) is 0 Å². The number of aromatic nitrogens is 1. The van der Waals surface area contributed by atoms with Crippen molar-refractivity contribution in [3.05, 3.63) is 23.9 Å². The molecular formula is C11H11F3N2O2. The molecule has 0 saturated carbocycles. The van der Waals surface area contributed by atoms with Crippen molar-refractivity contribution in [1.29, 1.82) is 0 Å². The monoisotopic (exact) mass is 260 g/mol. The molecule has 0 aromatic carbocycles. The zero-order valence-corrected chi connectivity index (χ0v) is 9.33. The van der Waals surface area contributed by atoms with E-state index in [0.29, 0.717) is 19.6 Å². The summed E-state index contributed by atoms with van der Waals surface area (Å²) in [6, 6.07) is 1.67. The molecule has 1 aliphatic rings. The van der Waals surface area contributed by atoms with Crippen LogP contribution in [0.25, 0.3) is 0 Å². The maximum Gasteiger partial charge on any atom is 0.416 e. The van der Waals surface area contributed by atoms with Crippen LogP contribution < -0.4 is 5.32 Å². The number of alkyl halides is 3. The number of pyridine rings is 1. The predicted octanol–water partition coefficient (Wildman–Crippen LogP) is 2.08. The van der Waals surface area contributed by atoms with E-state index in [4.69, 9.17) is 4.74 Å². The molecule has 4 nitrogen and oxygen atoms in total. The molecule has 1 fully saturated rings. The molecule has 0 aliphatic carbocycles. The summed E-state index contributed by atoms with van der Waals surface area (Å²) in [5.41, 5.74) is -0.838. The second kappa shape index (κ2) is 4.93. The number of amides is 1. The van der Waals surface area contributed by atoms with Gasteiger partial charge in [-0.05, 0) is 18.6 Å². The fourth-order valence-electron chi connectivity index (χ4n) is 1.64. The van der Waals surface area contributed by atoms with Gasteiger partial charge >= 0.3 is 6.18 Å². The van der Waals surface area contributed by atoms with E-state index in [1.807, 2.05) is 0 Å². The Balaban J connectivity index is 2.07. The van der Waals surface area contributed by atoms with Gasteiger partial charge in [-0.1, -0.05) is 0 Å². The molecule has 1 aliphatic heterocycles. The van der Waals surface area contributed by atoms with Crippen LogP contribution in [0.3, 0.4) is 0 Å². The van der Waals surface area contributed by atoms with E-state index in [0.717, 1.165) is 18.3 Å². The Morgan fingerprint density at radius 2 is 2.28 bits per heavy atom. The summed E-state index contributed by atoms with van der Waals surface area (Å²) in [6.07, 6.45) is -2.85. The molecular weight excluding hydrogens is 249 g/mol. The van der Waals surface area contributed by atoms with Crippen molar-refractivity contribution in [3.63, 3.8) is 0 Å². The summed E-state index contributed by atoms with van der Waals surface area (Å²) >= 11 is 0. The Morgan fingerprint density at radius 3 is 2.89 bits per heavy atom. The lowest BCUT2D eigenvalue weighted by atomic mass is 10.1. The molecule has 1 saturated heterocycles. The molecule has 7 heteroatoms. The molecule has 1 unspecified atom stereocenters. The standard InChI is InChI=1S/C11H11F3N2O2/c12-11(13,14)8-1-3-15-9(5-8)16-10(17)7-2-4-18-6-7/h1,3,5,7H,2,4,6H2,(H,15,16,17). The Bertz CT molecular complexity index is 442. The third kappa shape index (κ3) is 2.98. The van der Waals surface area contributed by atoms with E-state index in [1.54, 1.807) is 0 Å². The van der Waals surface area contributed by atoms with Crippen molar-refractivity contribution in [2.45, 2.75) is 12.6 Å².